The number of amides is 1. The molecule has 2 atom stereocenters. The first-order valence-corrected chi connectivity index (χ1v) is 12.4. The number of aryl methyl sites for hydroxylation is 1. The minimum Gasteiger partial charge on any atom is -0.451 e. The van der Waals surface area contributed by atoms with E-state index in [2.05, 4.69) is 20.8 Å². The topological polar surface area (TPSA) is 70.8 Å². The predicted octanol–water partition coefficient (Wildman–Crippen LogP) is 4.28. The summed E-state index contributed by atoms with van der Waals surface area (Å²) in [6.45, 7) is 10.8. The summed E-state index contributed by atoms with van der Waals surface area (Å²) in [5.74, 6) is 1.56. The smallest absolute Gasteiger partial charge is 0.289 e. The van der Waals surface area contributed by atoms with Crippen molar-refractivity contribution in [3.05, 3.63) is 29.5 Å². The molecule has 2 fully saturated rings. The summed E-state index contributed by atoms with van der Waals surface area (Å²) < 4.78 is 34.0. The third-order valence-electron chi connectivity index (χ3n) is 6.65. The van der Waals surface area contributed by atoms with E-state index in [1.807, 2.05) is 11.8 Å². The van der Waals surface area contributed by atoms with Crippen LogP contribution < -0.4 is 0 Å². The molecule has 6 nitrogen and oxygen atoms in total. The zero-order chi connectivity index (χ0) is 21.6. The quantitative estimate of drug-likeness (QED) is 0.726. The summed E-state index contributed by atoms with van der Waals surface area (Å²) in [6.07, 6.45) is 3.05. The molecule has 2 aliphatic heterocycles. The van der Waals surface area contributed by atoms with Crippen molar-refractivity contribution in [2.45, 2.75) is 51.9 Å². The molecular formula is C23H32N2O4S. The molecule has 2 unspecified atom stereocenters. The average molecular weight is 433 g/mol. The molecule has 164 valence electrons. The maximum atomic E-state index is 13.3. The van der Waals surface area contributed by atoms with Gasteiger partial charge in [-0.2, -0.15) is 4.31 Å². The molecule has 30 heavy (non-hydrogen) atoms. The Hall–Kier alpha value is -1.86. The third-order valence-corrected chi connectivity index (χ3v) is 8.47. The Bertz CT molecular complexity index is 1040. The van der Waals surface area contributed by atoms with E-state index in [9.17, 15) is 13.2 Å². The van der Waals surface area contributed by atoms with Crippen LogP contribution in [0.2, 0.25) is 0 Å². The Labute approximate surface area is 179 Å². The maximum Gasteiger partial charge on any atom is 0.289 e. The molecule has 1 amide bonds. The van der Waals surface area contributed by atoms with Crippen molar-refractivity contribution in [2.75, 3.05) is 26.2 Å². The monoisotopic (exact) mass is 432 g/mol. The first-order chi connectivity index (χ1) is 14.2. The Morgan fingerprint density at radius 3 is 2.30 bits per heavy atom. The molecule has 2 aromatic rings. The molecule has 0 saturated carbocycles. The molecule has 3 heterocycles. The number of piperidine rings is 2. The van der Waals surface area contributed by atoms with Crippen LogP contribution in [0.3, 0.4) is 0 Å². The second-order valence-corrected chi connectivity index (χ2v) is 11.4. The van der Waals surface area contributed by atoms with Crippen molar-refractivity contribution >= 4 is 26.9 Å². The number of sulfonamides is 1. The molecular weight excluding hydrogens is 400 g/mol. The van der Waals surface area contributed by atoms with Gasteiger partial charge in [0.1, 0.15) is 5.58 Å². The third kappa shape index (κ3) is 3.89. The highest BCUT2D eigenvalue weighted by molar-refractivity contribution is 7.89. The molecule has 2 aliphatic rings. The number of nitrogens with zero attached hydrogens (tertiary/aromatic N) is 2. The Kier molecular flexibility index (Phi) is 5.70. The van der Waals surface area contributed by atoms with Crippen molar-refractivity contribution in [3.8, 4) is 0 Å². The first kappa shape index (κ1) is 21.4. The van der Waals surface area contributed by atoms with Crippen molar-refractivity contribution < 1.29 is 17.6 Å². The van der Waals surface area contributed by atoms with Gasteiger partial charge >= 0.3 is 0 Å². The molecule has 0 aliphatic carbocycles. The minimum atomic E-state index is -3.58. The standard InChI is InChI=1S/C23H32N2O4S/c1-15-7-9-24(10-8-15)23(26)22-18(4)20-12-19(5-6-21(20)29-22)30(27,28)25-13-16(2)11-17(3)14-25/h5-6,12,15-17H,7-11,13-14H2,1-4H3. The van der Waals surface area contributed by atoms with Crippen molar-refractivity contribution in [3.63, 3.8) is 0 Å². The number of carbonyl (C=O) groups excluding carboxylic acids is 1. The van der Waals surface area contributed by atoms with Crippen LogP contribution in [0.4, 0.5) is 0 Å². The molecule has 0 spiro atoms. The van der Waals surface area contributed by atoms with Gasteiger partial charge in [0.2, 0.25) is 10.0 Å². The fourth-order valence-electron chi connectivity index (χ4n) is 4.87. The van der Waals surface area contributed by atoms with E-state index in [0.717, 1.165) is 32.4 Å². The fraction of sp³-hybridized carbons (Fsp3) is 0.609. The Balaban J connectivity index is 1.65. The molecule has 7 heteroatoms. The highest BCUT2D eigenvalue weighted by atomic mass is 32.2. The summed E-state index contributed by atoms with van der Waals surface area (Å²) in [6, 6.07) is 4.95. The van der Waals surface area contributed by atoms with Gasteiger partial charge in [0.25, 0.3) is 5.91 Å². The SMILES string of the molecule is Cc1c(C(=O)N2CCC(C)CC2)oc2ccc(S(=O)(=O)N3CC(C)CC(C)C3)cc12. The molecule has 4 rings (SSSR count). The molecule has 0 bridgehead atoms. The van der Waals surface area contributed by atoms with Crippen LogP contribution in [-0.4, -0.2) is 49.7 Å². The maximum absolute atomic E-state index is 13.3. The van der Waals surface area contributed by atoms with Gasteiger partial charge in [-0.15, -0.1) is 0 Å². The fourth-order valence-corrected chi connectivity index (χ4v) is 6.58. The highest BCUT2D eigenvalue weighted by Crippen LogP contribution is 2.32. The summed E-state index contributed by atoms with van der Waals surface area (Å²) in [7, 11) is -3.58. The van der Waals surface area contributed by atoms with Crippen LogP contribution in [-0.2, 0) is 10.0 Å². The lowest BCUT2D eigenvalue weighted by Crippen LogP contribution is -2.42. The van der Waals surface area contributed by atoms with Crippen molar-refractivity contribution in [2.24, 2.45) is 17.8 Å². The van der Waals surface area contributed by atoms with E-state index in [4.69, 9.17) is 4.42 Å². The minimum absolute atomic E-state index is 0.0984. The summed E-state index contributed by atoms with van der Waals surface area (Å²) in [5.41, 5.74) is 1.27. The molecule has 0 radical (unpaired) electrons. The first-order valence-electron chi connectivity index (χ1n) is 11.0. The van der Waals surface area contributed by atoms with Gasteiger partial charge in [-0.1, -0.05) is 20.8 Å². The lowest BCUT2D eigenvalue weighted by Gasteiger charge is -2.34. The van der Waals surface area contributed by atoms with Gasteiger partial charge in [0.05, 0.1) is 4.90 Å². The van der Waals surface area contributed by atoms with Crippen LogP contribution >= 0.6 is 0 Å². The van der Waals surface area contributed by atoms with E-state index >= 15 is 0 Å². The lowest BCUT2D eigenvalue weighted by atomic mass is 9.94. The lowest BCUT2D eigenvalue weighted by molar-refractivity contribution is 0.0666. The van der Waals surface area contributed by atoms with Gasteiger partial charge in [-0.25, -0.2) is 8.42 Å². The Morgan fingerprint density at radius 1 is 1.03 bits per heavy atom. The number of fused-ring (bicyclic) bond motifs is 1. The van der Waals surface area contributed by atoms with Crippen molar-refractivity contribution in [1.29, 1.82) is 0 Å². The second-order valence-electron chi connectivity index (χ2n) is 9.46. The van der Waals surface area contributed by atoms with Gasteiger partial charge in [0.15, 0.2) is 5.76 Å². The normalized spacial score (nSPS) is 24.5. The molecule has 2 saturated heterocycles. The van der Waals surface area contributed by atoms with Crippen LogP contribution in [0.25, 0.3) is 11.0 Å². The Morgan fingerprint density at radius 2 is 1.67 bits per heavy atom. The number of likely N-dealkylation sites (tertiary alicyclic amines) is 1. The number of carbonyl (C=O) groups is 1. The van der Waals surface area contributed by atoms with Gasteiger partial charge in [-0.05, 0) is 62.1 Å². The van der Waals surface area contributed by atoms with Gasteiger partial charge in [-0.3, -0.25) is 4.79 Å². The van der Waals surface area contributed by atoms with Crippen LogP contribution in [0.1, 0.15) is 56.2 Å². The van der Waals surface area contributed by atoms with E-state index in [1.54, 1.807) is 22.5 Å². The number of hydrogen-bond acceptors (Lipinski definition) is 4. The number of benzene rings is 1. The summed E-state index contributed by atoms with van der Waals surface area (Å²) in [4.78, 5) is 15.1. The van der Waals surface area contributed by atoms with Crippen molar-refractivity contribution in [1.82, 2.24) is 9.21 Å². The molecule has 0 N–H and O–H groups in total. The second kappa shape index (κ2) is 8.00. The zero-order valence-electron chi connectivity index (χ0n) is 18.3. The van der Waals surface area contributed by atoms with Crippen LogP contribution in [0.5, 0.6) is 0 Å². The predicted molar refractivity (Wildman–Crippen MR) is 117 cm³/mol. The highest BCUT2D eigenvalue weighted by Gasteiger charge is 2.32. The summed E-state index contributed by atoms with van der Waals surface area (Å²) in [5, 5.41) is 0.697. The van der Waals surface area contributed by atoms with Gasteiger partial charge in [0, 0.05) is 37.1 Å². The number of furan rings is 1. The van der Waals surface area contributed by atoms with E-state index in [1.165, 1.54) is 0 Å². The molecule has 1 aromatic heterocycles. The number of rotatable bonds is 3. The van der Waals surface area contributed by atoms with Crippen LogP contribution in [0.15, 0.2) is 27.5 Å². The summed E-state index contributed by atoms with van der Waals surface area (Å²) >= 11 is 0. The molecule has 1 aromatic carbocycles. The largest absolute Gasteiger partial charge is 0.451 e. The van der Waals surface area contributed by atoms with E-state index in [0.29, 0.717) is 53.1 Å². The number of hydrogen-bond donors (Lipinski definition) is 0. The average Bonchev–Trinajstić information content (AvgIpc) is 3.03. The van der Waals surface area contributed by atoms with Gasteiger partial charge < -0.3 is 9.32 Å². The zero-order valence-corrected chi connectivity index (χ0v) is 19.2. The van der Waals surface area contributed by atoms with Crippen LogP contribution in [0, 0.1) is 24.7 Å². The van der Waals surface area contributed by atoms with E-state index in [-0.39, 0.29) is 10.8 Å². The van der Waals surface area contributed by atoms with E-state index < -0.39 is 10.0 Å².